The van der Waals surface area contributed by atoms with Crippen LogP contribution in [-0.4, -0.2) is 52.9 Å². The Balaban J connectivity index is 1.53. The van der Waals surface area contributed by atoms with Crippen molar-refractivity contribution in [3.05, 3.63) is 35.0 Å². The van der Waals surface area contributed by atoms with E-state index < -0.39 is 0 Å². The Morgan fingerprint density at radius 1 is 1.12 bits per heavy atom. The maximum absolute atomic E-state index is 13.2. The summed E-state index contributed by atoms with van der Waals surface area (Å²) >= 11 is 0. The van der Waals surface area contributed by atoms with Crippen LogP contribution in [0.1, 0.15) is 48.9 Å². The topological polar surface area (TPSA) is 39.3 Å². The van der Waals surface area contributed by atoms with Crippen LogP contribution in [0.5, 0.6) is 0 Å². The second-order valence-corrected chi connectivity index (χ2v) is 8.15. The highest BCUT2D eigenvalue weighted by molar-refractivity contribution is 5.91. The normalized spacial score (nSPS) is 21.6. The summed E-state index contributed by atoms with van der Waals surface area (Å²) in [6, 6.07) is 6.77. The highest BCUT2D eigenvalue weighted by atomic mass is 16.2. The van der Waals surface area contributed by atoms with Gasteiger partial charge < -0.3 is 14.8 Å². The van der Waals surface area contributed by atoms with Gasteiger partial charge >= 0.3 is 0 Å². The number of likely N-dealkylation sites (tertiary alicyclic amines) is 2. The molecule has 3 heterocycles. The predicted octanol–water partition coefficient (Wildman–Crippen LogP) is 3.80. The van der Waals surface area contributed by atoms with Crippen molar-refractivity contribution in [2.24, 2.45) is 0 Å². The Morgan fingerprint density at radius 3 is 2.69 bits per heavy atom. The molecule has 0 aliphatic carbocycles. The number of amides is 1. The van der Waals surface area contributed by atoms with Crippen molar-refractivity contribution in [3.8, 4) is 0 Å². The average Bonchev–Trinajstić information content (AvgIpc) is 3.25. The molecule has 0 radical (unpaired) electrons. The SMILES string of the molecule is Cc1[nH]c2c(C)cccc2c1CC(=O)N1CCCCC1CN1CCCC1. The molecule has 1 N–H and O–H groups in total. The number of fused-ring (bicyclic) bond motifs is 1. The molecular formula is C22H31N3O. The van der Waals surface area contributed by atoms with Crippen LogP contribution in [0.4, 0.5) is 0 Å². The van der Waals surface area contributed by atoms with Gasteiger partial charge in [-0.25, -0.2) is 0 Å². The molecule has 0 saturated carbocycles. The number of H-pyrrole nitrogens is 1. The maximum Gasteiger partial charge on any atom is 0.227 e. The summed E-state index contributed by atoms with van der Waals surface area (Å²) in [6.45, 7) is 8.63. The molecule has 4 heteroatoms. The molecule has 4 nitrogen and oxygen atoms in total. The zero-order chi connectivity index (χ0) is 18.1. The number of hydrogen-bond acceptors (Lipinski definition) is 2. The highest BCUT2D eigenvalue weighted by Gasteiger charge is 2.29. The number of carbonyl (C=O) groups is 1. The lowest BCUT2D eigenvalue weighted by atomic mass is 9.99. The Morgan fingerprint density at radius 2 is 1.88 bits per heavy atom. The van der Waals surface area contributed by atoms with E-state index in [4.69, 9.17) is 0 Å². The molecule has 2 aliphatic rings. The molecule has 0 bridgehead atoms. The zero-order valence-electron chi connectivity index (χ0n) is 16.2. The Labute approximate surface area is 156 Å². The quantitative estimate of drug-likeness (QED) is 0.908. The molecule has 140 valence electrons. The molecule has 1 amide bonds. The molecule has 1 aromatic carbocycles. The Bertz CT molecular complexity index is 788. The number of benzene rings is 1. The number of aromatic nitrogens is 1. The van der Waals surface area contributed by atoms with Crippen molar-refractivity contribution < 1.29 is 4.79 Å². The summed E-state index contributed by atoms with van der Waals surface area (Å²) in [6.07, 6.45) is 6.71. The molecule has 1 unspecified atom stereocenters. The van der Waals surface area contributed by atoms with E-state index in [2.05, 4.69) is 46.8 Å². The summed E-state index contributed by atoms with van der Waals surface area (Å²) in [5, 5.41) is 1.21. The van der Waals surface area contributed by atoms with Crippen molar-refractivity contribution >= 4 is 16.8 Å². The fraction of sp³-hybridized carbons (Fsp3) is 0.591. The number of aryl methyl sites for hydroxylation is 2. The van der Waals surface area contributed by atoms with Crippen LogP contribution in [0.3, 0.4) is 0 Å². The number of piperidine rings is 1. The second kappa shape index (κ2) is 7.43. The predicted molar refractivity (Wildman–Crippen MR) is 107 cm³/mol. The van der Waals surface area contributed by atoms with E-state index in [1.54, 1.807) is 0 Å². The number of nitrogens with one attached hydrogen (secondary N) is 1. The molecule has 1 atom stereocenters. The molecule has 0 spiro atoms. The van der Waals surface area contributed by atoms with Crippen LogP contribution in [0.15, 0.2) is 18.2 Å². The number of aromatic amines is 1. The van der Waals surface area contributed by atoms with Crippen LogP contribution in [0.2, 0.25) is 0 Å². The first-order valence-electron chi connectivity index (χ1n) is 10.2. The third-order valence-corrected chi connectivity index (χ3v) is 6.31. The number of hydrogen-bond donors (Lipinski definition) is 1. The van der Waals surface area contributed by atoms with E-state index in [0.717, 1.165) is 31.6 Å². The van der Waals surface area contributed by atoms with Gasteiger partial charge in [-0.15, -0.1) is 0 Å². The van der Waals surface area contributed by atoms with Crippen LogP contribution >= 0.6 is 0 Å². The van der Waals surface area contributed by atoms with Crippen LogP contribution in [0, 0.1) is 13.8 Å². The standard InChI is InChI=1S/C22H31N3O/c1-16-8-7-10-19-20(17(2)23-22(16)19)14-21(26)25-13-4-3-9-18(25)15-24-11-5-6-12-24/h7-8,10,18,23H,3-6,9,11-15H2,1-2H3. The van der Waals surface area contributed by atoms with Crippen LogP contribution < -0.4 is 0 Å². The van der Waals surface area contributed by atoms with Crippen LogP contribution in [0.25, 0.3) is 10.9 Å². The zero-order valence-corrected chi connectivity index (χ0v) is 16.2. The van der Waals surface area contributed by atoms with Gasteiger partial charge in [0.15, 0.2) is 0 Å². The summed E-state index contributed by atoms with van der Waals surface area (Å²) in [7, 11) is 0. The first kappa shape index (κ1) is 17.6. The fourth-order valence-corrected chi connectivity index (χ4v) is 4.81. The number of carbonyl (C=O) groups excluding carboxylic acids is 1. The lowest BCUT2D eigenvalue weighted by molar-refractivity contribution is -0.134. The minimum absolute atomic E-state index is 0.305. The van der Waals surface area contributed by atoms with E-state index >= 15 is 0 Å². The van der Waals surface area contributed by atoms with Gasteiger partial charge in [0.2, 0.25) is 5.91 Å². The number of rotatable bonds is 4. The van der Waals surface area contributed by atoms with E-state index in [-0.39, 0.29) is 0 Å². The molecular weight excluding hydrogens is 322 g/mol. The monoisotopic (exact) mass is 353 g/mol. The summed E-state index contributed by atoms with van der Waals surface area (Å²) in [4.78, 5) is 21.5. The van der Waals surface area contributed by atoms with Gasteiger partial charge in [-0.3, -0.25) is 4.79 Å². The van der Waals surface area contributed by atoms with Gasteiger partial charge in [0.1, 0.15) is 0 Å². The molecule has 1 aromatic heterocycles. The third-order valence-electron chi connectivity index (χ3n) is 6.31. The minimum Gasteiger partial charge on any atom is -0.358 e. The van der Waals surface area contributed by atoms with Gasteiger partial charge in [0, 0.05) is 35.7 Å². The van der Waals surface area contributed by atoms with Crippen molar-refractivity contribution in [1.82, 2.24) is 14.8 Å². The Hall–Kier alpha value is -1.81. The van der Waals surface area contributed by atoms with Gasteiger partial charge in [0.05, 0.1) is 6.42 Å². The first-order valence-corrected chi connectivity index (χ1v) is 10.2. The van der Waals surface area contributed by atoms with Crippen molar-refractivity contribution in [3.63, 3.8) is 0 Å². The largest absolute Gasteiger partial charge is 0.358 e. The van der Waals surface area contributed by atoms with Crippen molar-refractivity contribution in [2.75, 3.05) is 26.2 Å². The van der Waals surface area contributed by atoms with E-state index in [0.29, 0.717) is 18.4 Å². The van der Waals surface area contributed by atoms with E-state index in [9.17, 15) is 4.79 Å². The summed E-state index contributed by atoms with van der Waals surface area (Å²) < 4.78 is 0. The average molecular weight is 354 g/mol. The van der Waals surface area contributed by atoms with E-state index in [1.165, 1.54) is 54.4 Å². The van der Waals surface area contributed by atoms with Gasteiger partial charge in [-0.2, -0.15) is 0 Å². The summed E-state index contributed by atoms with van der Waals surface area (Å²) in [5.41, 5.74) is 4.74. The van der Waals surface area contributed by atoms with Gasteiger partial charge in [0.25, 0.3) is 0 Å². The molecule has 2 saturated heterocycles. The second-order valence-electron chi connectivity index (χ2n) is 8.15. The van der Waals surface area contributed by atoms with Gasteiger partial charge in [-0.05, 0) is 70.2 Å². The van der Waals surface area contributed by atoms with Crippen molar-refractivity contribution in [2.45, 2.75) is 58.4 Å². The minimum atomic E-state index is 0.305. The first-order chi connectivity index (χ1) is 12.6. The number of nitrogens with zero attached hydrogens (tertiary/aromatic N) is 2. The van der Waals surface area contributed by atoms with E-state index in [1.807, 2.05) is 0 Å². The molecule has 2 aromatic rings. The lowest BCUT2D eigenvalue weighted by Gasteiger charge is -2.38. The molecule has 2 fully saturated rings. The fourth-order valence-electron chi connectivity index (χ4n) is 4.81. The van der Waals surface area contributed by atoms with Gasteiger partial charge in [-0.1, -0.05) is 18.2 Å². The Kier molecular flexibility index (Phi) is 5.03. The van der Waals surface area contributed by atoms with Crippen molar-refractivity contribution in [1.29, 1.82) is 0 Å². The summed E-state index contributed by atoms with van der Waals surface area (Å²) in [5.74, 6) is 0.305. The highest BCUT2D eigenvalue weighted by Crippen LogP contribution is 2.27. The third kappa shape index (κ3) is 3.39. The van der Waals surface area contributed by atoms with Crippen LogP contribution in [-0.2, 0) is 11.2 Å². The lowest BCUT2D eigenvalue weighted by Crippen LogP contribution is -2.49. The smallest absolute Gasteiger partial charge is 0.227 e. The number of para-hydroxylation sites is 1. The molecule has 2 aliphatic heterocycles. The maximum atomic E-state index is 13.2. The molecule has 4 rings (SSSR count). The molecule has 26 heavy (non-hydrogen) atoms.